The van der Waals surface area contributed by atoms with Crippen molar-refractivity contribution in [1.29, 1.82) is 0 Å². The van der Waals surface area contributed by atoms with E-state index in [1.807, 2.05) is 0 Å². The van der Waals surface area contributed by atoms with Crippen LogP contribution in [0.15, 0.2) is 22.7 Å². The number of halogens is 2. The smallest absolute Gasteiger partial charge is 0.147 e. The van der Waals surface area contributed by atoms with E-state index in [1.54, 1.807) is 12.1 Å². The van der Waals surface area contributed by atoms with Crippen LogP contribution in [0.2, 0.25) is 0 Å². The molecule has 0 bridgehead atoms. The summed E-state index contributed by atoms with van der Waals surface area (Å²) in [5.41, 5.74) is 3.43. The normalized spacial score (nSPS) is 13.6. The fourth-order valence-electron chi connectivity index (χ4n) is 1.62. The number of hydrogen-bond donors (Lipinski definition) is 2. The van der Waals surface area contributed by atoms with Crippen molar-refractivity contribution < 1.29 is 12.8 Å². The zero-order valence-corrected chi connectivity index (χ0v) is 12.4. The highest BCUT2D eigenvalue weighted by atomic mass is 79.9. The molecular weight excluding hydrogens is 323 g/mol. The second-order valence-corrected chi connectivity index (χ2v) is 7.28. The van der Waals surface area contributed by atoms with Crippen LogP contribution in [0.25, 0.3) is 0 Å². The van der Waals surface area contributed by atoms with E-state index in [2.05, 4.69) is 21.4 Å². The number of nitrogens with one attached hydrogen (secondary N) is 1. The maximum Gasteiger partial charge on any atom is 0.147 e. The molecule has 7 heteroatoms. The van der Waals surface area contributed by atoms with E-state index in [9.17, 15) is 12.8 Å². The summed E-state index contributed by atoms with van der Waals surface area (Å²) in [6.07, 6.45) is 2.27. The molecule has 0 aromatic heterocycles. The molecule has 18 heavy (non-hydrogen) atoms. The zero-order valence-electron chi connectivity index (χ0n) is 9.99. The van der Waals surface area contributed by atoms with E-state index in [1.165, 1.54) is 12.3 Å². The van der Waals surface area contributed by atoms with Crippen LogP contribution < -0.4 is 11.3 Å². The molecule has 1 unspecified atom stereocenters. The summed E-state index contributed by atoms with van der Waals surface area (Å²) in [5.74, 6) is 5.21. The highest BCUT2D eigenvalue weighted by Crippen LogP contribution is 2.23. The van der Waals surface area contributed by atoms with Crippen LogP contribution in [0.1, 0.15) is 24.4 Å². The number of hydrogen-bond acceptors (Lipinski definition) is 4. The summed E-state index contributed by atoms with van der Waals surface area (Å²) in [7, 11) is -2.96. The first-order valence-corrected chi connectivity index (χ1v) is 8.27. The Bertz CT molecular complexity index is 508. The zero-order chi connectivity index (χ0) is 13.8. The summed E-state index contributed by atoms with van der Waals surface area (Å²) in [5, 5.41) is 0. The molecule has 0 amide bonds. The van der Waals surface area contributed by atoms with Crippen molar-refractivity contribution in [2.75, 3.05) is 12.0 Å². The number of rotatable bonds is 6. The molecule has 1 aromatic carbocycles. The minimum absolute atomic E-state index is 0.119. The van der Waals surface area contributed by atoms with Crippen LogP contribution in [0.4, 0.5) is 4.39 Å². The van der Waals surface area contributed by atoms with Crippen LogP contribution in [0.3, 0.4) is 0 Å². The molecule has 0 aliphatic rings. The van der Waals surface area contributed by atoms with Crippen molar-refractivity contribution in [1.82, 2.24) is 5.43 Å². The second kappa shape index (κ2) is 6.60. The van der Waals surface area contributed by atoms with Gasteiger partial charge in [-0.3, -0.25) is 11.3 Å². The summed E-state index contributed by atoms with van der Waals surface area (Å²) in [6, 6.07) is 4.43. The van der Waals surface area contributed by atoms with Crippen molar-refractivity contribution in [3.05, 3.63) is 34.1 Å². The van der Waals surface area contributed by atoms with Crippen LogP contribution in [0, 0.1) is 5.82 Å². The van der Waals surface area contributed by atoms with Gasteiger partial charge in [0, 0.05) is 18.1 Å². The van der Waals surface area contributed by atoms with E-state index >= 15 is 0 Å². The lowest BCUT2D eigenvalue weighted by molar-refractivity contribution is 0.506. The fourth-order valence-corrected chi connectivity index (χ4v) is 2.71. The number of sulfone groups is 1. The lowest BCUT2D eigenvalue weighted by Crippen LogP contribution is -2.28. The Balaban J connectivity index is 2.68. The molecule has 4 nitrogen and oxygen atoms in total. The van der Waals surface area contributed by atoms with Crippen molar-refractivity contribution in [3.63, 3.8) is 0 Å². The largest absolute Gasteiger partial charge is 0.271 e. The Morgan fingerprint density at radius 1 is 1.50 bits per heavy atom. The van der Waals surface area contributed by atoms with Gasteiger partial charge in [0.2, 0.25) is 0 Å². The van der Waals surface area contributed by atoms with E-state index in [-0.39, 0.29) is 17.6 Å². The maximum atomic E-state index is 13.1. The number of nitrogens with two attached hydrogens (primary N) is 1. The molecule has 0 radical (unpaired) electrons. The molecule has 0 aliphatic heterocycles. The van der Waals surface area contributed by atoms with E-state index < -0.39 is 9.84 Å². The van der Waals surface area contributed by atoms with Crippen LogP contribution in [-0.2, 0) is 9.84 Å². The Labute approximate surface area is 115 Å². The van der Waals surface area contributed by atoms with E-state index in [4.69, 9.17) is 5.84 Å². The Hall–Kier alpha value is -0.500. The minimum Gasteiger partial charge on any atom is -0.271 e. The SMILES string of the molecule is CS(=O)(=O)CCCC(NN)c1ccc(F)c(Br)c1. The summed E-state index contributed by atoms with van der Waals surface area (Å²) < 4.78 is 35.5. The van der Waals surface area contributed by atoms with Gasteiger partial charge in [-0.15, -0.1) is 0 Å². The molecule has 0 saturated heterocycles. The highest BCUT2D eigenvalue weighted by molar-refractivity contribution is 9.10. The third-order valence-electron chi connectivity index (χ3n) is 2.56. The standard InChI is InChI=1S/C11H16BrFN2O2S/c1-18(16,17)6-2-3-11(15-14)8-4-5-10(13)9(12)7-8/h4-5,7,11,15H,2-3,6,14H2,1H3. The average molecular weight is 339 g/mol. The fraction of sp³-hybridized carbons (Fsp3) is 0.455. The molecule has 0 fully saturated rings. The Morgan fingerprint density at radius 3 is 2.67 bits per heavy atom. The molecule has 102 valence electrons. The first kappa shape index (κ1) is 15.6. The van der Waals surface area contributed by atoms with E-state index in [0.717, 1.165) is 5.56 Å². The predicted molar refractivity (Wildman–Crippen MR) is 73.1 cm³/mol. The molecule has 0 saturated carbocycles. The molecule has 0 aliphatic carbocycles. The first-order valence-electron chi connectivity index (χ1n) is 5.42. The van der Waals surface area contributed by atoms with Crippen molar-refractivity contribution >= 4 is 25.8 Å². The second-order valence-electron chi connectivity index (χ2n) is 4.16. The molecule has 1 aromatic rings. The minimum atomic E-state index is -2.96. The summed E-state index contributed by atoms with van der Waals surface area (Å²) in [4.78, 5) is 0. The number of benzene rings is 1. The quantitative estimate of drug-likeness (QED) is 0.614. The van der Waals surface area contributed by atoms with Gasteiger partial charge < -0.3 is 0 Å². The third-order valence-corrected chi connectivity index (χ3v) is 4.19. The molecule has 1 rings (SSSR count). The average Bonchev–Trinajstić information content (AvgIpc) is 2.27. The Morgan fingerprint density at radius 2 is 2.17 bits per heavy atom. The van der Waals surface area contributed by atoms with Gasteiger partial charge in [0.1, 0.15) is 15.7 Å². The van der Waals surface area contributed by atoms with Crippen molar-refractivity contribution in [3.8, 4) is 0 Å². The molecule has 0 spiro atoms. The topological polar surface area (TPSA) is 72.2 Å². The predicted octanol–water partition coefficient (Wildman–Crippen LogP) is 1.92. The monoisotopic (exact) mass is 338 g/mol. The van der Waals surface area contributed by atoms with Gasteiger partial charge in [0.05, 0.1) is 4.47 Å². The lowest BCUT2D eigenvalue weighted by atomic mass is 10.0. The van der Waals surface area contributed by atoms with Crippen LogP contribution >= 0.6 is 15.9 Å². The molecule has 3 N–H and O–H groups in total. The number of hydrazine groups is 1. The maximum absolute atomic E-state index is 13.1. The lowest BCUT2D eigenvalue weighted by Gasteiger charge is -2.16. The van der Waals surface area contributed by atoms with Crippen LogP contribution in [0.5, 0.6) is 0 Å². The summed E-state index contributed by atoms with van der Waals surface area (Å²) >= 11 is 3.10. The molecule has 1 atom stereocenters. The van der Waals surface area contributed by atoms with Gasteiger partial charge >= 0.3 is 0 Å². The molecule has 0 heterocycles. The highest BCUT2D eigenvalue weighted by Gasteiger charge is 2.12. The van der Waals surface area contributed by atoms with Crippen molar-refractivity contribution in [2.45, 2.75) is 18.9 Å². The summed E-state index contributed by atoms with van der Waals surface area (Å²) in [6.45, 7) is 0. The van der Waals surface area contributed by atoms with Gasteiger partial charge in [0.25, 0.3) is 0 Å². The van der Waals surface area contributed by atoms with Gasteiger partial charge in [-0.05, 0) is 46.5 Å². The van der Waals surface area contributed by atoms with Gasteiger partial charge in [-0.2, -0.15) is 0 Å². The molecular formula is C11H16BrFN2O2S. The van der Waals surface area contributed by atoms with Gasteiger partial charge in [0.15, 0.2) is 0 Å². The van der Waals surface area contributed by atoms with E-state index in [0.29, 0.717) is 17.3 Å². The van der Waals surface area contributed by atoms with Gasteiger partial charge in [-0.1, -0.05) is 6.07 Å². The van der Waals surface area contributed by atoms with Crippen LogP contribution in [-0.4, -0.2) is 20.4 Å². The first-order chi connectivity index (χ1) is 8.33. The van der Waals surface area contributed by atoms with Gasteiger partial charge in [-0.25, -0.2) is 12.8 Å². The third kappa shape index (κ3) is 5.01. The van der Waals surface area contributed by atoms with Crippen molar-refractivity contribution in [2.24, 2.45) is 5.84 Å². The Kier molecular flexibility index (Phi) is 5.71.